The van der Waals surface area contributed by atoms with Crippen molar-refractivity contribution in [2.75, 3.05) is 0 Å². The molecule has 0 heterocycles. The molecule has 1 aromatic carbocycles. The average molecular weight is 213 g/mol. The normalized spacial score (nSPS) is 9.71. The minimum absolute atomic E-state index is 0.0127. The van der Waals surface area contributed by atoms with Crippen LogP contribution < -0.4 is 0 Å². The second kappa shape index (κ2) is 4.38. The molecule has 0 aliphatic rings. The van der Waals surface area contributed by atoms with Crippen molar-refractivity contribution >= 4 is 17.4 Å². The standard InChI is InChI=1S/C11H10ClFO/c1-7(2)5-11(14)9-6-8(12)3-4-10(9)13/h3-6H,1-2H3. The van der Waals surface area contributed by atoms with Gasteiger partial charge >= 0.3 is 0 Å². The smallest absolute Gasteiger partial charge is 0.188 e. The molecule has 1 nitrogen and oxygen atoms in total. The van der Waals surface area contributed by atoms with Gasteiger partial charge < -0.3 is 0 Å². The maximum Gasteiger partial charge on any atom is 0.188 e. The van der Waals surface area contributed by atoms with Gasteiger partial charge in [0.2, 0.25) is 0 Å². The molecule has 0 spiro atoms. The molecule has 0 unspecified atom stereocenters. The topological polar surface area (TPSA) is 17.1 Å². The molecule has 0 radical (unpaired) electrons. The quantitative estimate of drug-likeness (QED) is 0.541. The molecule has 1 rings (SSSR count). The van der Waals surface area contributed by atoms with E-state index in [4.69, 9.17) is 11.6 Å². The number of benzene rings is 1. The van der Waals surface area contributed by atoms with Crippen LogP contribution in [-0.4, -0.2) is 5.78 Å². The molecule has 0 aliphatic heterocycles. The lowest BCUT2D eigenvalue weighted by Crippen LogP contribution is -1.99. The van der Waals surface area contributed by atoms with Gasteiger partial charge in [0.15, 0.2) is 5.78 Å². The number of rotatable bonds is 2. The largest absolute Gasteiger partial charge is 0.289 e. The van der Waals surface area contributed by atoms with Crippen LogP contribution in [0.4, 0.5) is 4.39 Å². The van der Waals surface area contributed by atoms with Crippen molar-refractivity contribution in [1.29, 1.82) is 0 Å². The molecule has 0 aliphatic carbocycles. The minimum Gasteiger partial charge on any atom is -0.289 e. The Morgan fingerprint density at radius 3 is 2.64 bits per heavy atom. The summed E-state index contributed by atoms with van der Waals surface area (Å²) in [4.78, 5) is 11.5. The van der Waals surface area contributed by atoms with Gasteiger partial charge in [-0.3, -0.25) is 4.79 Å². The summed E-state index contributed by atoms with van der Waals surface area (Å²) in [5.41, 5.74) is 0.841. The monoisotopic (exact) mass is 212 g/mol. The fourth-order valence-electron chi connectivity index (χ4n) is 1.03. The first-order chi connectivity index (χ1) is 6.50. The third kappa shape index (κ3) is 2.67. The minimum atomic E-state index is -0.545. The highest BCUT2D eigenvalue weighted by Gasteiger charge is 2.09. The summed E-state index contributed by atoms with van der Waals surface area (Å²) < 4.78 is 13.2. The second-order valence-corrected chi connectivity index (χ2v) is 3.65. The third-order valence-corrected chi connectivity index (χ3v) is 1.85. The van der Waals surface area contributed by atoms with E-state index in [1.54, 1.807) is 13.8 Å². The molecule has 0 bridgehead atoms. The number of ketones is 1. The SMILES string of the molecule is CC(C)=CC(=O)c1cc(Cl)ccc1F. The Hall–Kier alpha value is -1.15. The first-order valence-corrected chi connectivity index (χ1v) is 4.53. The van der Waals surface area contributed by atoms with Gasteiger partial charge in [-0.05, 0) is 38.1 Å². The van der Waals surface area contributed by atoms with E-state index < -0.39 is 5.82 Å². The molecule has 0 N–H and O–H groups in total. The Kier molecular flexibility index (Phi) is 3.42. The molecule has 74 valence electrons. The predicted molar refractivity (Wildman–Crippen MR) is 55.2 cm³/mol. The zero-order valence-corrected chi connectivity index (χ0v) is 8.73. The van der Waals surface area contributed by atoms with E-state index in [0.29, 0.717) is 5.02 Å². The Morgan fingerprint density at radius 2 is 2.07 bits per heavy atom. The van der Waals surface area contributed by atoms with Crippen molar-refractivity contribution in [3.63, 3.8) is 0 Å². The van der Waals surface area contributed by atoms with Gasteiger partial charge in [0, 0.05) is 5.02 Å². The molecule has 0 atom stereocenters. The summed E-state index contributed by atoms with van der Waals surface area (Å²) in [6.45, 7) is 3.56. The summed E-state index contributed by atoms with van der Waals surface area (Å²) in [6, 6.07) is 3.93. The molecule has 0 saturated carbocycles. The van der Waals surface area contributed by atoms with Gasteiger partial charge in [-0.2, -0.15) is 0 Å². The summed E-state index contributed by atoms with van der Waals surface area (Å²) in [6.07, 6.45) is 1.38. The van der Waals surface area contributed by atoms with Crippen LogP contribution in [0.1, 0.15) is 24.2 Å². The van der Waals surface area contributed by atoms with E-state index in [2.05, 4.69) is 0 Å². The molecule has 0 amide bonds. The number of halogens is 2. The first kappa shape index (κ1) is 10.9. The molecule has 0 fully saturated rings. The van der Waals surface area contributed by atoms with Crippen LogP contribution in [-0.2, 0) is 0 Å². The van der Waals surface area contributed by atoms with Gasteiger partial charge in [-0.1, -0.05) is 17.2 Å². The Labute approximate surface area is 87.2 Å². The maximum absolute atomic E-state index is 13.2. The third-order valence-electron chi connectivity index (χ3n) is 1.61. The van der Waals surface area contributed by atoms with Crippen molar-refractivity contribution in [2.24, 2.45) is 0 Å². The Bertz CT molecular complexity index is 392. The van der Waals surface area contributed by atoms with E-state index in [9.17, 15) is 9.18 Å². The number of carbonyl (C=O) groups excluding carboxylic acids is 1. The highest BCUT2D eigenvalue weighted by atomic mass is 35.5. The fourth-order valence-corrected chi connectivity index (χ4v) is 1.20. The van der Waals surface area contributed by atoms with Crippen LogP contribution in [0, 0.1) is 5.82 Å². The van der Waals surface area contributed by atoms with Gasteiger partial charge in [-0.25, -0.2) is 4.39 Å². The Morgan fingerprint density at radius 1 is 1.43 bits per heavy atom. The second-order valence-electron chi connectivity index (χ2n) is 3.21. The highest BCUT2D eigenvalue weighted by molar-refractivity contribution is 6.31. The van der Waals surface area contributed by atoms with E-state index in [-0.39, 0.29) is 11.3 Å². The van der Waals surface area contributed by atoms with Gasteiger partial charge in [0.05, 0.1) is 5.56 Å². The lowest BCUT2D eigenvalue weighted by molar-refractivity contribution is 0.104. The summed E-state index contributed by atoms with van der Waals surface area (Å²) >= 11 is 5.66. The number of carbonyl (C=O) groups is 1. The Balaban J connectivity index is 3.12. The van der Waals surface area contributed by atoms with Gasteiger partial charge in [0.1, 0.15) is 5.82 Å². The van der Waals surface area contributed by atoms with Crippen LogP contribution >= 0.6 is 11.6 Å². The zero-order chi connectivity index (χ0) is 10.7. The van der Waals surface area contributed by atoms with Crippen molar-refractivity contribution in [1.82, 2.24) is 0 Å². The van der Waals surface area contributed by atoms with E-state index >= 15 is 0 Å². The van der Waals surface area contributed by atoms with E-state index in [1.807, 2.05) is 0 Å². The molecule has 0 saturated heterocycles. The van der Waals surface area contributed by atoms with Crippen molar-refractivity contribution in [3.8, 4) is 0 Å². The van der Waals surface area contributed by atoms with Crippen LogP contribution in [0.2, 0.25) is 5.02 Å². The summed E-state index contributed by atoms with van der Waals surface area (Å²) in [7, 11) is 0. The molecule has 14 heavy (non-hydrogen) atoms. The van der Waals surface area contributed by atoms with E-state index in [0.717, 1.165) is 5.57 Å². The molecule has 0 aromatic heterocycles. The van der Waals surface area contributed by atoms with Crippen molar-refractivity contribution in [3.05, 3.63) is 46.3 Å². The summed E-state index contributed by atoms with van der Waals surface area (Å²) in [5, 5.41) is 0.358. The average Bonchev–Trinajstić information content (AvgIpc) is 2.08. The molecule has 1 aromatic rings. The zero-order valence-electron chi connectivity index (χ0n) is 7.97. The lowest BCUT2D eigenvalue weighted by atomic mass is 10.1. The predicted octanol–water partition coefficient (Wildman–Crippen LogP) is 3.63. The fraction of sp³-hybridized carbons (Fsp3) is 0.182. The molecular formula is C11H10ClFO. The highest BCUT2D eigenvalue weighted by Crippen LogP contribution is 2.16. The van der Waals surface area contributed by atoms with Crippen LogP contribution in [0.25, 0.3) is 0 Å². The van der Waals surface area contributed by atoms with Gasteiger partial charge in [0.25, 0.3) is 0 Å². The van der Waals surface area contributed by atoms with Crippen LogP contribution in [0.5, 0.6) is 0 Å². The first-order valence-electron chi connectivity index (χ1n) is 4.15. The van der Waals surface area contributed by atoms with Crippen molar-refractivity contribution in [2.45, 2.75) is 13.8 Å². The lowest BCUT2D eigenvalue weighted by Gasteiger charge is -1.99. The van der Waals surface area contributed by atoms with Gasteiger partial charge in [-0.15, -0.1) is 0 Å². The number of hydrogen-bond acceptors (Lipinski definition) is 1. The molecule has 3 heteroatoms. The number of allylic oxidation sites excluding steroid dienone is 2. The van der Waals surface area contributed by atoms with Crippen molar-refractivity contribution < 1.29 is 9.18 Å². The summed E-state index contributed by atoms with van der Waals surface area (Å²) in [5.74, 6) is -0.901. The van der Waals surface area contributed by atoms with E-state index in [1.165, 1.54) is 24.3 Å². The maximum atomic E-state index is 13.2. The number of hydrogen-bond donors (Lipinski definition) is 0. The van der Waals surface area contributed by atoms with Crippen LogP contribution in [0.3, 0.4) is 0 Å². The molecular weight excluding hydrogens is 203 g/mol. The van der Waals surface area contributed by atoms with Crippen LogP contribution in [0.15, 0.2) is 29.8 Å².